The Hall–Kier alpha value is -1.49. The first-order valence-electron chi connectivity index (χ1n) is 6.25. The van der Waals surface area contributed by atoms with Crippen molar-refractivity contribution in [2.75, 3.05) is 19.8 Å². The molecule has 0 aliphatic carbocycles. The second-order valence-electron chi connectivity index (χ2n) is 4.73. The summed E-state index contributed by atoms with van der Waals surface area (Å²) in [6.07, 6.45) is 2.78. The van der Waals surface area contributed by atoms with Crippen molar-refractivity contribution in [1.29, 1.82) is 0 Å². The van der Waals surface area contributed by atoms with Crippen LogP contribution in [-0.2, 0) is 16.0 Å². The van der Waals surface area contributed by atoms with Gasteiger partial charge in [-0.05, 0) is 17.9 Å². The van der Waals surface area contributed by atoms with Gasteiger partial charge in [0.25, 0.3) is 0 Å². The minimum atomic E-state index is -0.0496. The van der Waals surface area contributed by atoms with Crippen molar-refractivity contribution in [3.8, 4) is 0 Å². The van der Waals surface area contributed by atoms with Crippen LogP contribution >= 0.6 is 11.8 Å². The van der Waals surface area contributed by atoms with Crippen LogP contribution in [0.4, 0.5) is 0 Å². The maximum absolute atomic E-state index is 12.0. The quantitative estimate of drug-likeness (QED) is 0.845. The van der Waals surface area contributed by atoms with Gasteiger partial charge in [-0.2, -0.15) is 0 Å². The standard InChI is InChI=1S/C14H18N2O2S/c1-16-9-11(8-14(16)18)15-13(17)7-10-5-3-4-6-12(10)19-2/h3-6,11H,7-9H2,1-2H3,(H,15,17). The summed E-state index contributed by atoms with van der Waals surface area (Å²) in [5.74, 6) is 0.0735. The number of hydrogen-bond acceptors (Lipinski definition) is 3. The number of nitrogens with one attached hydrogen (secondary N) is 1. The molecule has 5 heteroatoms. The van der Waals surface area contributed by atoms with Gasteiger partial charge in [-0.3, -0.25) is 9.59 Å². The summed E-state index contributed by atoms with van der Waals surface area (Å²) < 4.78 is 0. The first kappa shape index (κ1) is 13.9. The molecule has 0 spiro atoms. The highest BCUT2D eigenvalue weighted by Crippen LogP contribution is 2.20. The number of rotatable bonds is 4. The highest BCUT2D eigenvalue weighted by atomic mass is 32.2. The molecule has 1 atom stereocenters. The number of hydrogen-bond donors (Lipinski definition) is 1. The molecule has 19 heavy (non-hydrogen) atoms. The maximum Gasteiger partial charge on any atom is 0.224 e. The molecule has 1 aromatic carbocycles. The predicted octanol–water partition coefficient (Wildman–Crippen LogP) is 1.30. The average Bonchev–Trinajstić information content (AvgIpc) is 2.68. The van der Waals surface area contributed by atoms with Crippen LogP contribution in [0.25, 0.3) is 0 Å². The zero-order chi connectivity index (χ0) is 13.8. The van der Waals surface area contributed by atoms with Crippen LogP contribution in [-0.4, -0.2) is 42.6 Å². The first-order chi connectivity index (χ1) is 9.10. The topological polar surface area (TPSA) is 49.4 Å². The Labute approximate surface area is 117 Å². The molecule has 2 rings (SSSR count). The van der Waals surface area contributed by atoms with Gasteiger partial charge in [-0.25, -0.2) is 0 Å². The molecule has 0 radical (unpaired) electrons. The third-order valence-electron chi connectivity index (χ3n) is 3.25. The molecule has 1 saturated heterocycles. The van der Waals surface area contributed by atoms with Gasteiger partial charge in [-0.15, -0.1) is 11.8 Å². The van der Waals surface area contributed by atoms with Crippen molar-refractivity contribution in [3.63, 3.8) is 0 Å². The van der Waals surface area contributed by atoms with E-state index in [0.717, 1.165) is 10.5 Å². The van der Waals surface area contributed by atoms with Crippen molar-refractivity contribution in [2.45, 2.75) is 23.8 Å². The van der Waals surface area contributed by atoms with E-state index in [1.54, 1.807) is 23.7 Å². The third-order valence-corrected chi connectivity index (χ3v) is 4.09. The monoisotopic (exact) mass is 278 g/mol. The van der Waals surface area contributed by atoms with Crippen LogP contribution in [0.15, 0.2) is 29.2 Å². The average molecular weight is 278 g/mol. The summed E-state index contributed by atoms with van der Waals surface area (Å²) in [5.41, 5.74) is 1.03. The minimum absolute atomic E-state index is 0.0189. The van der Waals surface area contributed by atoms with Crippen LogP contribution in [0.2, 0.25) is 0 Å². The SMILES string of the molecule is CSc1ccccc1CC(=O)NC1CC(=O)N(C)C1. The van der Waals surface area contributed by atoms with Gasteiger partial charge >= 0.3 is 0 Å². The van der Waals surface area contributed by atoms with Crippen LogP contribution < -0.4 is 5.32 Å². The fourth-order valence-electron chi connectivity index (χ4n) is 2.26. The summed E-state index contributed by atoms with van der Waals surface area (Å²) >= 11 is 1.64. The number of likely N-dealkylation sites (tertiary alicyclic amines) is 1. The number of thioether (sulfide) groups is 1. The normalized spacial score (nSPS) is 18.7. The van der Waals surface area contributed by atoms with Gasteiger partial charge in [0.1, 0.15) is 0 Å². The largest absolute Gasteiger partial charge is 0.351 e. The molecule has 1 aliphatic rings. The van der Waals surface area contributed by atoms with E-state index in [1.165, 1.54) is 0 Å². The zero-order valence-corrected chi connectivity index (χ0v) is 12.0. The Morgan fingerprint density at radius 1 is 1.47 bits per heavy atom. The van der Waals surface area contributed by atoms with Crippen LogP contribution in [0.1, 0.15) is 12.0 Å². The Kier molecular flexibility index (Phi) is 4.47. The summed E-state index contributed by atoms with van der Waals surface area (Å²) in [6.45, 7) is 0.606. The molecule has 1 N–H and O–H groups in total. The summed E-state index contributed by atoms with van der Waals surface area (Å²) in [7, 11) is 1.76. The van der Waals surface area contributed by atoms with E-state index < -0.39 is 0 Å². The summed E-state index contributed by atoms with van der Waals surface area (Å²) in [6, 6.07) is 7.84. The molecule has 1 aliphatic heterocycles. The van der Waals surface area contributed by atoms with Gasteiger partial charge in [0.05, 0.1) is 12.5 Å². The first-order valence-corrected chi connectivity index (χ1v) is 7.48. The predicted molar refractivity (Wildman–Crippen MR) is 76.1 cm³/mol. The summed E-state index contributed by atoms with van der Waals surface area (Å²) in [5, 5.41) is 2.93. The fourth-order valence-corrected chi connectivity index (χ4v) is 2.88. The number of benzene rings is 1. The second-order valence-corrected chi connectivity index (χ2v) is 5.58. The lowest BCUT2D eigenvalue weighted by molar-refractivity contribution is -0.126. The lowest BCUT2D eigenvalue weighted by atomic mass is 10.1. The van der Waals surface area contributed by atoms with Crippen LogP contribution in [0.3, 0.4) is 0 Å². The fraction of sp³-hybridized carbons (Fsp3) is 0.429. The molecule has 0 aromatic heterocycles. The van der Waals surface area contributed by atoms with Gasteiger partial charge in [-0.1, -0.05) is 18.2 Å². The van der Waals surface area contributed by atoms with Crippen molar-refractivity contribution in [3.05, 3.63) is 29.8 Å². The lowest BCUT2D eigenvalue weighted by Gasteiger charge is -2.13. The van der Waals surface area contributed by atoms with E-state index in [-0.39, 0.29) is 17.9 Å². The third kappa shape index (κ3) is 3.50. The van der Waals surface area contributed by atoms with E-state index in [1.807, 2.05) is 30.5 Å². The maximum atomic E-state index is 12.0. The Morgan fingerprint density at radius 3 is 2.84 bits per heavy atom. The number of amides is 2. The van der Waals surface area contributed by atoms with Crippen molar-refractivity contribution in [1.82, 2.24) is 10.2 Å². The van der Waals surface area contributed by atoms with Crippen LogP contribution in [0, 0.1) is 0 Å². The van der Waals surface area contributed by atoms with Gasteiger partial charge in [0.15, 0.2) is 0 Å². The smallest absolute Gasteiger partial charge is 0.224 e. The molecule has 4 nitrogen and oxygen atoms in total. The van der Waals surface area contributed by atoms with E-state index >= 15 is 0 Å². The molecule has 1 aromatic rings. The van der Waals surface area contributed by atoms with Crippen molar-refractivity contribution in [2.24, 2.45) is 0 Å². The Morgan fingerprint density at radius 2 is 2.21 bits per heavy atom. The molecule has 0 saturated carbocycles. The molecular weight excluding hydrogens is 260 g/mol. The van der Waals surface area contributed by atoms with Gasteiger partial charge in [0, 0.05) is 24.9 Å². The molecule has 0 bridgehead atoms. The van der Waals surface area contributed by atoms with E-state index in [9.17, 15) is 9.59 Å². The van der Waals surface area contributed by atoms with E-state index in [0.29, 0.717) is 19.4 Å². The van der Waals surface area contributed by atoms with E-state index in [2.05, 4.69) is 5.32 Å². The molecule has 1 fully saturated rings. The molecule has 102 valence electrons. The van der Waals surface area contributed by atoms with Crippen molar-refractivity contribution >= 4 is 23.6 Å². The number of likely N-dealkylation sites (N-methyl/N-ethyl adjacent to an activating group) is 1. The number of carbonyl (C=O) groups excluding carboxylic acids is 2. The van der Waals surface area contributed by atoms with Crippen molar-refractivity contribution < 1.29 is 9.59 Å². The lowest BCUT2D eigenvalue weighted by Crippen LogP contribution is -2.37. The number of nitrogens with zero attached hydrogens (tertiary/aromatic N) is 1. The zero-order valence-electron chi connectivity index (χ0n) is 11.2. The van der Waals surface area contributed by atoms with Gasteiger partial charge < -0.3 is 10.2 Å². The van der Waals surface area contributed by atoms with Crippen LogP contribution in [0.5, 0.6) is 0 Å². The molecule has 1 unspecified atom stereocenters. The van der Waals surface area contributed by atoms with E-state index in [4.69, 9.17) is 0 Å². The minimum Gasteiger partial charge on any atom is -0.351 e. The highest BCUT2D eigenvalue weighted by Gasteiger charge is 2.27. The highest BCUT2D eigenvalue weighted by molar-refractivity contribution is 7.98. The molecular formula is C14H18N2O2S. The summed E-state index contributed by atoms with van der Waals surface area (Å²) in [4.78, 5) is 26.2. The van der Waals surface area contributed by atoms with Gasteiger partial charge in [0.2, 0.25) is 11.8 Å². The Bertz CT molecular complexity index is 490. The molecule has 2 amide bonds. The number of carbonyl (C=O) groups is 2. The second kappa shape index (κ2) is 6.10. The molecule has 1 heterocycles. The Balaban J connectivity index is 1.93.